The lowest BCUT2D eigenvalue weighted by Gasteiger charge is -2.36. The summed E-state index contributed by atoms with van der Waals surface area (Å²) in [5.41, 5.74) is 3.11. The third-order valence-electron chi connectivity index (χ3n) is 4.47. The van der Waals surface area contributed by atoms with Gasteiger partial charge in [0.05, 0.1) is 12.2 Å². The van der Waals surface area contributed by atoms with Gasteiger partial charge in [0, 0.05) is 19.6 Å². The molecule has 2 nitrogen and oxygen atoms in total. The summed E-state index contributed by atoms with van der Waals surface area (Å²) >= 11 is 0. The molecule has 2 rings (SSSR count). The van der Waals surface area contributed by atoms with Crippen molar-refractivity contribution in [3.8, 4) is 0 Å². The summed E-state index contributed by atoms with van der Waals surface area (Å²) in [6.45, 7) is 16.8. The van der Waals surface area contributed by atoms with Crippen LogP contribution in [0.15, 0.2) is 24.3 Å². The number of hydrogen-bond acceptors (Lipinski definition) is 2. The summed E-state index contributed by atoms with van der Waals surface area (Å²) in [7, 11) is 0. The first-order chi connectivity index (χ1) is 10.2. The van der Waals surface area contributed by atoms with E-state index in [4.69, 9.17) is 4.74 Å². The van der Waals surface area contributed by atoms with E-state index in [1.165, 1.54) is 17.7 Å². The van der Waals surface area contributed by atoms with Gasteiger partial charge in [-0.3, -0.25) is 4.90 Å². The summed E-state index contributed by atoms with van der Waals surface area (Å²) in [4.78, 5) is 2.56. The van der Waals surface area contributed by atoms with E-state index in [0.717, 1.165) is 19.5 Å². The second-order valence-electron chi connectivity index (χ2n) is 8.23. The van der Waals surface area contributed by atoms with Crippen LogP contribution in [0.3, 0.4) is 0 Å². The van der Waals surface area contributed by atoms with Crippen LogP contribution in [0.25, 0.3) is 0 Å². The Bertz CT molecular complexity index is 450. The second-order valence-corrected chi connectivity index (χ2v) is 8.23. The molecule has 1 aliphatic rings. The highest BCUT2D eigenvalue weighted by Gasteiger charge is 2.23. The Morgan fingerprint density at radius 3 is 2.14 bits per heavy atom. The zero-order valence-corrected chi connectivity index (χ0v) is 15.2. The van der Waals surface area contributed by atoms with E-state index in [0.29, 0.717) is 18.1 Å². The van der Waals surface area contributed by atoms with Crippen LogP contribution in [0.5, 0.6) is 0 Å². The topological polar surface area (TPSA) is 12.5 Å². The van der Waals surface area contributed by atoms with Gasteiger partial charge in [0.1, 0.15) is 0 Å². The van der Waals surface area contributed by atoms with Crippen LogP contribution in [0.2, 0.25) is 0 Å². The number of hydrogen-bond donors (Lipinski definition) is 0. The molecule has 0 spiro atoms. The molecule has 124 valence electrons. The van der Waals surface area contributed by atoms with Crippen LogP contribution in [0, 0.1) is 5.92 Å². The predicted molar refractivity (Wildman–Crippen MR) is 94.5 cm³/mol. The largest absolute Gasteiger partial charge is 0.373 e. The predicted octanol–water partition coefficient (Wildman–Crippen LogP) is 4.27. The fraction of sp³-hybridized carbons (Fsp3) is 0.700. The maximum absolute atomic E-state index is 5.82. The van der Waals surface area contributed by atoms with Gasteiger partial charge in [-0.1, -0.05) is 52.0 Å². The van der Waals surface area contributed by atoms with Crippen molar-refractivity contribution in [3.05, 3.63) is 35.4 Å². The Morgan fingerprint density at radius 1 is 1.09 bits per heavy atom. The minimum Gasteiger partial charge on any atom is -0.373 e. The third-order valence-corrected chi connectivity index (χ3v) is 4.47. The van der Waals surface area contributed by atoms with E-state index in [2.05, 4.69) is 70.7 Å². The van der Waals surface area contributed by atoms with Crippen LogP contribution in [-0.2, 0) is 16.6 Å². The van der Waals surface area contributed by atoms with E-state index in [9.17, 15) is 0 Å². The number of benzene rings is 1. The van der Waals surface area contributed by atoms with E-state index in [1.807, 2.05) is 0 Å². The summed E-state index contributed by atoms with van der Waals surface area (Å²) in [6.07, 6.45) is 1.88. The highest BCUT2D eigenvalue weighted by molar-refractivity contribution is 5.27. The van der Waals surface area contributed by atoms with Gasteiger partial charge < -0.3 is 4.74 Å². The van der Waals surface area contributed by atoms with Gasteiger partial charge in [-0.05, 0) is 42.7 Å². The number of rotatable bonds is 4. The molecule has 1 heterocycles. The molecule has 0 amide bonds. The molecule has 1 aromatic carbocycles. The standard InChI is InChI=1S/C20H33NO/c1-15(12-21-13-16(2)22-17(3)14-21)11-18-7-9-19(10-8-18)20(4,5)6/h7-10,15-17H,11-14H2,1-6H3/t15?,16-,17-/m1/s1. The van der Waals surface area contributed by atoms with E-state index < -0.39 is 0 Å². The Kier molecular flexibility index (Phi) is 5.68. The number of ether oxygens (including phenoxy) is 1. The Morgan fingerprint density at radius 2 is 1.64 bits per heavy atom. The highest BCUT2D eigenvalue weighted by atomic mass is 16.5. The molecule has 1 fully saturated rings. The van der Waals surface area contributed by atoms with Gasteiger partial charge in [0.2, 0.25) is 0 Å². The molecule has 0 aromatic heterocycles. The van der Waals surface area contributed by atoms with E-state index >= 15 is 0 Å². The molecular weight excluding hydrogens is 270 g/mol. The molecule has 1 aliphatic heterocycles. The minimum absolute atomic E-state index is 0.240. The molecule has 1 saturated heterocycles. The van der Waals surface area contributed by atoms with Gasteiger partial charge in [-0.15, -0.1) is 0 Å². The minimum atomic E-state index is 0.240. The Labute approximate surface area is 136 Å². The maximum Gasteiger partial charge on any atom is 0.0678 e. The average Bonchev–Trinajstić information content (AvgIpc) is 2.36. The Balaban J connectivity index is 1.87. The molecule has 22 heavy (non-hydrogen) atoms. The highest BCUT2D eigenvalue weighted by Crippen LogP contribution is 2.23. The molecule has 1 unspecified atom stereocenters. The molecule has 2 heteroatoms. The second kappa shape index (κ2) is 7.14. The summed E-state index contributed by atoms with van der Waals surface area (Å²) < 4.78 is 5.82. The van der Waals surface area contributed by atoms with Gasteiger partial charge in [-0.2, -0.15) is 0 Å². The first-order valence-corrected chi connectivity index (χ1v) is 8.71. The van der Waals surface area contributed by atoms with Gasteiger partial charge in [0.25, 0.3) is 0 Å². The number of morpholine rings is 1. The summed E-state index contributed by atoms with van der Waals surface area (Å²) in [6, 6.07) is 9.20. The van der Waals surface area contributed by atoms with Crippen molar-refractivity contribution in [2.45, 2.75) is 65.6 Å². The van der Waals surface area contributed by atoms with E-state index in [1.54, 1.807) is 0 Å². The monoisotopic (exact) mass is 303 g/mol. The SMILES string of the molecule is CC(Cc1ccc(C(C)(C)C)cc1)CN1C[C@@H](C)O[C@H](C)C1. The van der Waals surface area contributed by atoms with Crippen molar-refractivity contribution in [2.75, 3.05) is 19.6 Å². The lowest BCUT2D eigenvalue weighted by molar-refractivity contribution is -0.0708. The van der Waals surface area contributed by atoms with Crippen molar-refractivity contribution >= 4 is 0 Å². The third kappa shape index (κ3) is 5.10. The average molecular weight is 303 g/mol. The van der Waals surface area contributed by atoms with Gasteiger partial charge >= 0.3 is 0 Å². The van der Waals surface area contributed by atoms with Crippen LogP contribution < -0.4 is 0 Å². The maximum atomic E-state index is 5.82. The summed E-state index contributed by atoms with van der Waals surface area (Å²) in [5.74, 6) is 0.679. The fourth-order valence-corrected chi connectivity index (χ4v) is 3.48. The van der Waals surface area contributed by atoms with Crippen LogP contribution in [0.4, 0.5) is 0 Å². The van der Waals surface area contributed by atoms with Gasteiger partial charge in [-0.25, -0.2) is 0 Å². The zero-order valence-electron chi connectivity index (χ0n) is 15.2. The van der Waals surface area contributed by atoms with Crippen molar-refractivity contribution in [1.29, 1.82) is 0 Å². The molecule has 0 saturated carbocycles. The van der Waals surface area contributed by atoms with Crippen LogP contribution in [-0.4, -0.2) is 36.7 Å². The first kappa shape index (κ1) is 17.5. The Hall–Kier alpha value is -0.860. The van der Waals surface area contributed by atoms with Crippen molar-refractivity contribution < 1.29 is 4.74 Å². The van der Waals surface area contributed by atoms with Crippen molar-refractivity contribution in [3.63, 3.8) is 0 Å². The molecule has 0 radical (unpaired) electrons. The zero-order chi connectivity index (χ0) is 16.3. The molecule has 0 N–H and O–H groups in total. The molecular formula is C20H33NO. The van der Waals surface area contributed by atoms with Crippen molar-refractivity contribution in [2.24, 2.45) is 5.92 Å². The lowest BCUT2D eigenvalue weighted by atomic mass is 9.86. The van der Waals surface area contributed by atoms with Crippen LogP contribution >= 0.6 is 0 Å². The smallest absolute Gasteiger partial charge is 0.0678 e. The summed E-state index contributed by atoms with van der Waals surface area (Å²) in [5, 5.41) is 0. The van der Waals surface area contributed by atoms with Gasteiger partial charge in [0.15, 0.2) is 0 Å². The molecule has 3 atom stereocenters. The quantitative estimate of drug-likeness (QED) is 0.823. The fourth-order valence-electron chi connectivity index (χ4n) is 3.48. The van der Waals surface area contributed by atoms with E-state index in [-0.39, 0.29) is 5.41 Å². The normalized spacial score (nSPS) is 25.2. The van der Waals surface area contributed by atoms with Crippen LogP contribution in [0.1, 0.15) is 52.7 Å². The van der Waals surface area contributed by atoms with Crippen molar-refractivity contribution in [1.82, 2.24) is 4.90 Å². The molecule has 0 bridgehead atoms. The molecule has 1 aromatic rings. The first-order valence-electron chi connectivity index (χ1n) is 8.71. The lowest BCUT2D eigenvalue weighted by Crippen LogP contribution is -2.47. The molecule has 0 aliphatic carbocycles. The number of nitrogens with zero attached hydrogens (tertiary/aromatic N) is 1.